The summed E-state index contributed by atoms with van der Waals surface area (Å²) in [6, 6.07) is 7.65. The van der Waals surface area contributed by atoms with E-state index in [-0.39, 0.29) is 11.3 Å². The number of hydrogen-bond acceptors (Lipinski definition) is 4. The molecule has 0 atom stereocenters. The van der Waals surface area contributed by atoms with E-state index in [0.29, 0.717) is 12.4 Å². The van der Waals surface area contributed by atoms with Crippen LogP contribution in [0.2, 0.25) is 0 Å². The number of tetrazole rings is 1. The monoisotopic (exact) mass is 311 g/mol. The number of rotatable bonds is 4. The molecule has 0 fully saturated rings. The molecule has 0 unspecified atom stereocenters. The van der Waals surface area contributed by atoms with Crippen molar-refractivity contribution < 1.29 is 0 Å². The zero-order valence-electron chi connectivity index (χ0n) is 13.9. The summed E-state index contributed by atoms with van der Waals surface area (Å²) in [6.07, 6.45) is 0.867. The maximum absolute atomic E-state index is 12.5. The van der Waals surface area contributed by atoms with Crippen molar-refractivity contribution in [3.05, 3.63) is 51.6 Å². The predicted molar refractivity (Wildman–Crippen MR) is 89.6 cm³/mol. The minimum absolute atomic E-state index is 0.0716. The molecule has 3 aromatic rings. The van der Waals surface area contributed by atoms with E-state index in [1.807, 2.05) is 12.1 Å². The molecule has 0 aliphatic heterocycles. The van der Waals surface area contributed by atoms with Crippen LogP contribution in [0, 0.1) is 0 Å². The summed E-state index contributed by atoms with van der Waals surface area (Å²) >= 11 is 0. The van der Waals surface area contributed by atoms with Gasteiger partial charge in [-0.25, -0.2) is 0 Å². The average molecular weight is 311 g/mol. The van der Waals surface area contributed by atoms with Crippen molar-refractivity contribution in [2.75, 3.05) is 0 Å². The van der Waals surface area contributed by atoms with Gasteiger partial charge in [0.1, 0.15) is 0 Å². The molecule has 2 aromatic heterocycles. The molecule has 2 heterocycles. The van der Waals surface area contributed by atoms with Gasteiger partial charge in [0.25, 0.3) is 0 Å². The van der Waals surface area contributed by atoms with E-state index < -0.39 is 0 Å². The van der Waals surface area contributed by atoms with Gasteiger partial charge in [0, 0.05) is 17.1 Å². The number of hydrogen-bond donors (Lipinski definition) is 0. The Morgan fingerprint density at radius 1 is 1.26 bits per heavy atom. The molecule has 0 bridgehead atoms. The number of pyridine rings is 1. The second-order valence-corrected chi connectivity index (χ2v) is 6.04. The van der Waals surface area contributed by atoms with Crippen molar-refractivity contribution in [1.82, 2.24) is 24.8 Å². The number of para-hydroxylation sites is 1. The van der Waals surface area contributed by atoms with Crippen molar-refractivity contribution in [1.29, 1.82) is 0 Å². The third-order valence-corrected chi connectivity index (χ3v) is 4.07. The van der Waals surface area contributed by atoms with Crippen LogP contribution in [0.15, 0.2) is 29.1 Å². The minimum Gasteiger partial charge on any atom is -0.336 e. The molecule has 0 aliphatic carbocycles. The molecule has 120 valence electrons. The van der Waals surface area contributed by atoms with Gasteiger partial charge in [-0.1, -0.05) is 32.9 Å². The lowest BCUT2D eigenvalue weighted by Gasteiger charge is -2.20. The highest BCUT2D eigenvalue weighted by molar-refractivity contribution is 5.82. The minimum atomic E-state index is 0.0716. The first-order valence-electron chi connectivity index (χ1n) is 7.89. The second-order valence-electron chi connectivity index (χ2n) is 6.04. The number of aryl methyl sites for hydroxylation is 2. The smallest absolute Gasteiger partial charge is 0.194 e. The van der Waals surface area contributed by atoms with Gasteiger partial charge in [-0.2, -0.15) is 4.80 Å². The highest BCUT2D eigenvalue weighted by atomic mass is 16.1. The van der Waals surface area contributed by atoms with Crippen molar-refractivity contribution in [2.45, 2.75) is 39.7 Å². The standard InChI is InChI=1S/C17H21N5O/c1-5-12-7-6-8-13-15(23)9-14(11(2)3)22(17(12)13)10-16-18-20-21(4)19-16/h6-9,11H,5,10H2,1-4H3. The molecule has 0 N–H and O–H groups in total. The largest absolute Gasteiger partial charge is 0.336 e. The Morgan fingerprint density at radius 2 is 2.04 bits per heavy atom. The Hall–Kier alpha value is -2.50. The maximum Gasteiger partial charge on any atom is 0.194 e. The van der Waals surface area contributed by atoms with Crippen LogP contribution >= 0.6 is 0 Å². The van der Waals surface area contributed by atoms with Crippen molar-refractivity contribution in [2.24, 2.45) is 7.05 Å². The van der Waals surface area contributed by atoms with Gasteiger partial charge in [-0.05, 0) is 29.2 Å². The van der Waals surface area contributed by atoms with E-state index in [1.54, 1.807) is 13.1 Å². The number of aromatic nitrogens is 5. The number of nitrogens with zero attached hydrogens (tertiary/aromatic N) is 5. The molecule has 23 heavy (non-hydrogen) atoms. The Labute approximate surface area is 134 Å². The highest BCUT2D eigenvalue weighted by Crippen LogP contribution is 2.23. The average Bonchev–Trinajstić information content (AvgIpc) is 2.94. The van der Waals surface area contributed by atoms with Crippen molar-refractivity contribution in [3.63, 3.8) is 0 Å². The zero-order chi connectivity index (χ0) is 16.6. The lowest BCUT2D eigenvalue weighted by molar-refractivity contribution is 0.622. The lowest BCUT2D eigenvalue weighted by atomic mass is 10.0. The third-order valence-electron chi connectivity index (χ3n) is 4.07. The summed E-state index contributed by atoms with van der Waals surface area (Å²) in [6.45, 7) is 6.80. The van der Waals surface area contributed by atoms with E-state index in [4.69, 9.17) is 0 Å². The first kappa shape index (κ1) is 15.4. The summed E-state index contributed by atoms with van der Waals surface area (Å²) in [4.78, 5) is 14.0. The molecule has 6 nitrogen and oxygen atoms in total. The van der Waals surface area contributed by atoms with E-state index in [0.717, 1.165) is 28.6 Å². The summed E-state index contributed by atoms with van der Waals surface area (Å²) in [5.74, 6) is 0.874. The molecule has 0 aliphatic rings. The van der Waals surface area contributed by atoms with Gasteiger partial charge in [0.2, 0.25) is 0 Å². The van der Waals surface area contributed by atoms with Gasteiger partial charge >= 0.3 is 0 Å². The number of benzene rings is 1. The Kier molecular flexibility index (Phi) is 3.98. The molecule has 0 saturated carbocycles. The molecule has 0 radical (unpaired) electrons. The topological polar surface area (TPSA) is 65.6 Å². The number of fused-ring (bicyclic) bond motifs is 1. The SMILES string of the molecule is CCc1cccc2c(=O)cc(C(C)C)n(Cc3nnn(C)n3)c12. The van der Waals surface area contributed by atoms with Crippen LogP contribution in [0.25, 0.3) is 10.9 Å². The Bertz CT molecular complexity index is 907. The quantitative estimate of drug-likeness (QED) is 0.741. The van der Waals surface area contributed by atoms with Gasteiger partial charge in [0.15, 0.2) is 11.3 Å². The van der Waals surface area contributed by atoms with E-state index in [1.165, 1.54) is 4.80 Å². The molecule has 0 spiro atoms. The molecule has 3 rings (SSSR count). The summed E-state index contributed by atoms with van der Waals surface area (Å²) in [7, 11) is 1.75. The summed E-state index contributed by atoms with van der Waals surface area (Å²) in [5.41, 5.74) is 3.21. The molecule has 0 amide bonds. The summed E-state index contributed by atoms with van der Waals surface area (Å²) in [5, 5.41) is 13.0. The summed E-state index contributed by atoms with van der Waals surface area (Å²) < 4.78 is 2.16. The van der Waals surface area contributed by atoms with Crippen LogP contribution in [0.4, 0.5) is 0 Å². The van der Waals surface area contributed by atoms with Crippen LogP contribution in [0.3, 0.4) is 0 Å². The molecular weight excluding hydrogens is 290 g/mol. The first-order chi connectivity index (χ1) is 11.0. The van der Waals surface area contributed by atoms with Crippen LogP contribution in [0.1, 0.15) is 43.8 Å². The zero-order valence-corrected chi connectivity index (χ0v) is 13.9. The predicted octanol–water partition coefficient (Wildman–Crippen LogP) is 2.26. The van der Waals surface area contributed by atoms with Crippen LogP contribution < -0.4 is 5.43 Å². The van der Waals surface area contributed by atoms with E-state index >= 15 is 0 Å². The molecule has 1 aromatic carbocycles. The second kappa shape index (κ2) is 5.95. The normalized spacial score (nSPS) is 11.5. The Morgan fingerprint density at radius 3 is 2.65 bits per heavy atom. The van der Waals surface area contributed by atoms with Gasteiger partial charge in [-0.15, -0.1) is 10.2 Å². The van der Waals surface area contributed by atoms with Gasteiger partial charge in [-0.3, -0.25) is 4.79 Å². The Balaban J connectivity index is 2.33. The van der Waals surface area contributed by atoms with Gasteiger partial charge in [0.05, 0.1) is 19.1 Å². The van der Waals surface area contributed by atoms with Crippen LogP contribution in [-0.2, 0) is 20.0 Å². The van der Waals surface area contributed by atoms with E-state index in [2.05, 4.69) is 46.8 Å². The molecular formula is C17H21N5O. The fraction of sp³-hybridized carbons (Fsp3) is 0.412. The van der Waals surface area contributed by atoms with Crippen LogP contribution in [-0.4, -0.2) is 24.8 Å². The lowest BCUT2D eigenvalue weighted by Crippen LogP contribution is -2.18. The van der Waals surface area contributed by atoms with Crippen molar-refractivity contribution >= 4 is 10.9 Å². The maximum atomic E-state index is 12.5. The highest BCUT2D eigenvalue weighted by Gasteiger charge is 2.16. The van der Waals surface area contributed by atoms with Crippen LogP contribution in [0.5, 0.6) is 0 Å². The fourth-order valence-electron chi connectivity index (χ4n) is 2.99. The van der Waals surface area contributed by atoms with Crippen molar-refractivity contribution in [3.8, 4) is 0 Å². The van der Waals surface area contributed by atoms with Gasteiger partial charge < -0.3 is 4.57 Å². The molecule has 0 saturated heterocycles. The molecule has 6 heteroatoms. The fourth-order valence-corrected chi connectivity index (χ4v) is 2.99. The third kappa shape index (κ3) is 2.76. The first-order valence-corrected chi connectivity index (χ1v) is 7.89. The van der Waals surface area contributed by atoms with E-state index in [9.17, 15) is 4.79 Å².